The number of piperazine rings is 1. The quantitative estimate of drug-likeness (QED) is 0.125. The van der Waals surface area contributed by atoms with E-state index in [4.69, 9.17) is 20.6 Å². The van der Waals surface area contributed by atoms with Gasteiger partial charge in [-0.15, -0.1) is 0 Å². The zero-order valence-corrected chi connectivity index (χ0v) is 26.1. The maximum Gasteiger partial charge on any atom is 0.416 e. The van der Waals surface area contributed by atoms with Crippen LogP contribution in [0.4, 0.5) is 24.5 Å². The standard InChI is InChI=1S/C35H35F3N6O4/c1-47-30-14-3-2-13-29(30)43-15-17-44(18-16-43)31(45)22-41-34(46)32(42-26-10-4-8-24(19-26)33(39)40)23-7-5-11-27(20-23)48-28-12-6-9-25(21-28)35(36,37)38/h2-14,19-21,32,42H,15-18,22H2,1H3,(H3,39,40)(H,41,46). The van der Waals surface area contributed by atoms with E-state index >= 15 is 0 Å². The number of hydrogen-bond donors (Lipinski definition) is 4. The molecule has 1 fully saturated rings. The van der Waals surface area contributed by atoms with E-state index in [-0.39, 0.29) is 29.8 Å². The molecule has 5 N–H and O–H groups in total. The maximum absolute atomic E-state index is 13.7. The monoisotopic (exact) mass is 660 g/mol. The van der Waals surface area contributed by atoms with E-state index < -0.39 is 23.7 Å². The van der Waals surface area contributed by atoms with Gasteiger partial charge in [0.05, 0.1) is 24.9 Å². The highest BCUT2D eigenvalue weighted by Gasteiger charge is 2.31. The van der Waals surface area contributed by atoms with Gasteiger partial charge in [0.15, 0.2) is 0 Å². The van der Waals surface area contributed by atoms with Crippen molar-refractivity contribution in [3.8, 4) is 17.2 Å². The molecule has 0 radical (unpaired) electrons. The Morgan fingerprint density at radius 3 is 2.29 bits per heavy atom. The summed E-state index contributed by atoms with van der Waals surface area (Å²) in [4.78, 5) is 30.7. The lowest BCUT2D eigenvalue weighted by Gasteiger charge is -2.36. The molecule has 1 aliphatic rings. The predicted octanol–water partition coefficient (Wildman–Crippen LogP) is 5.41. The van der Waals surface area contributed by atoms with Gasteiger partial charge < -0.3 is 35.6 Å². The van der Waals surface area contributed by atoms with Gasteiger partial charge in [0.25, 0.3) is 0 Å². The van der Waals surface area contributed by atoms with Crippen LogP contribution in [0.5, 0.6) is 17.2 Å². The summed E-state index contributed by atoms with van der Waals surface area (Å²) in [5.74, 6) is -0.00871. The molecule has 0 bridgehead atoms. The number of amides is 2. The molecule has 13 heteroatoms. The Hall–Kier alpha value is -5.72. The topological polar surface area (TPSA) is 133 Å². The highest BCUT2D eigenvalue weighted by atomic mass is 19.4. The molecule has 10 nitrogen and oxygen atoms in total. The number of halogens is 3. The number of para-hydroxylation sites is 2. The summed E-state index contributed by atoms with van der Waals surface area (Å²) in [5.41, 5.74) is 7.08. The zero-order valence-electron chi connectivity index (χ0n) is 26.1. The smallest absolute Gasteiger partial charge is 0.416 e. The molecule has 0 spiro atoms. The summed E-state index contributed by atoms with van der Waals surface area (Å²) < 4.78 is 51.0. The van der Waals surface area contributed by atoms with E-state index in [1.165, 1.54) is 18.2 Å². The number of nitrogens with two attached hydrogens (primary N) is 1. The molecule has 1 unspecified atom stereocenters. The number of ether oxygens (including phenoxy) is 2. The number of carbonyl (C=O) groups is 2. The van der Waals surface area contributed by atoms with Crippen molar-refractivity contribution in [2.45, 2.75) is 12.2 Å². The number of anilines is 2. The van der Waals surface area contributed by atoms with Crippen LogP contribution in [-0.4, -0.2) is 62.4 Å². The Morgan fingerprint density at radius 2 is 1.58 bits per heavy atom. The number of rotatable bonds is 11. The summed E-state index contributed by atoms with van der Waals surface area (Å²) in [6.45, 7) is 1.85. The Bertz CT molecular complexity index is 1780. The number of hydrogen-bond acceptors (Lipinski definition) is 7. The summed E-state index contributed by atoms with van der Waals surface area (Å²) in [5, 5.41) is 13.6. The Balaban J connectivity index is 1.30. The van der Waals surface area contributed by atoms with Gasteiger partial charge in [-0.25, -0.2) is 0 Å². The molecular formula is C35H35F3N6O4. The summed E-state index contributed by atoms with van der Waals surface area (Å²) in [7, 11) is 1.61. The number of amidine groups is 1. The first-order valence-electron chi connectivity index (χ1n) is 15.1. The molecule has 1 aliphatic heterocycles. The molecule has 0 aromatic heterocycles. The third kappa shape index (κ3) is 8.35. The van der Waals surface area contributed by atoms with E-state index in [0.29, 0.717) is 43.0 Å². The molecule has 1 atom stereocenters. The molecular weight excluding hydrogens is 625 g/mol. The van der Waals surface area contributed by atoms with E-state index in [2.05, 4.69) is 15.5 Å². The Labute approximate surface area is 275 Å². The van der Waals surface area contributed by atoms with Crippen molar-refractivity contribution in [2.24, 2.45) is 5.73 Å². The van der Waals surface area contributed by atoms with Gasteiger partial charge in [-0.05, 0) is 60.2 Å². The normalized spacial score (nSPS) is 13.8. The third-order valence-electron chi connectivity index (χ3n) is 7.81. The van der Waals surface area contributed by atoms with Gasteiger partial charge >= 0.3 is 6.18 Å². The van der Waals surface area contributed by atoms with Crippen LogP contribution < -0.4 is 30.7 Å². The fourth-order valence-electron chi connectivity index (χ4n) is 5.34. The number of nitrogens with one attached hydrogen (secondary N) is 3. The van der Waals surface area contributed by atoms with Crippen LogP contribution in [0, 0.1) is 5.41 Å². The average Bonchev–Trinajstić information content (AvgIpc) is 3.09. The van der Waals surface area contributed by atoms with Crippen molar-refractivity contribution in [2.75, 3.05) is 50.1 Å². The zero-order chi connectivity index (χ0) is 34.3. The van der Waals surface area contributed by atoms with Crippen molar-refractivity contribution in [1.82, 2.24) is 10.2 Å². The SMILES string of the molecule is COc1ccccc1N1CCN(C(=O)CNC(=O)C(Nc2cccc(C(=N)N)c2)c2cccc(Oc3cccc(C(F)(F)F)c3)c2)CC1. The third-order valence-corrected chi connectivity index (χ3v) is 7.81. The van der Waals surface area contributed by atoms with Crippen LogP contribution in [0.2, 0.25) is 0 Å². The second-order valence-corrected chi connectivity index (χ2v) is 11.0. The van der Waals surface area contributed by atoms with E-state index in [0.717, 1.165) is 23.6 Å². The van der Waals surface area contributed by atoms with Gasteiger partial charge in [-0.3, -0.25) is 15.0 Å². The second-order valence-electron chi connectivity index (χ2n) is 11.0. The average molecular weight is 661 g/mol. The molecule has 1 heterocycles. The van der Waals surface area contributed by atoms with E-state index in [9.17, 15) is 22.8 Å². The molecule has 1 saturated heterocycles. The lowest BCUT2D eigenvalue weighted by Crippen LogP contribution is -2.51. The number of nitrogens with zero attached hydrogens (tertiary/aromatic N) is 2. The molecule has 250 valence electrons. The van der Waals surface area contributed by atoms with E-state index in [1.807, 2.05) is 24.3 Å². The van der Waals surface area contributed by atoms with Gasteiger partial charge in [-0.2, -0.15) is 13.2 Å². The minimum atomic E-state index is -4.54. The van der Waals surface area contributed by atoms with Crippen molar-refractivity contribution < 1.29 is 32.2 Å². The molecule has 48 heavy (non-hydrogen) atoms. The lowest BCUT2D eigenvalue weighted by atomic mass is 10.0. The van der Waals surface area contributed by atoms with Crippen LogP contribution in [-0.2, 0) is 15.8 Å². The Kier molecular flexibility index (Phi) is 10.4. The number of benzene rings is 4. The largest absolute Gasteiger partial charge is 0.495 e. The predicted molar refractivity (Wildman–Crippen MR) is 177 cm³/mol. The first-order valence-corrected chi connectivity index (χ1v) is 15.1. The number of nitrogen functional groups attached to an aromatic ring is 1. The van der Waals surface area contributed by atoms with Crippen molar-refractivity contribution in [3.05, 3.63) is 114 Å². The van der Waals surface area contributed by atoms with Crippen LogP contribution in [0.25, 0.3) is 0 Å². The minimum absolute atomic E-state index is 0.0264. The molecule has 0 aliphatic carbocycles. The van der Waals surface area contributed by atoms with Crippen molar-refractivity contribution >= 4 is 29.0 Å². The first-order chi connectivity index (χ1) is 23.0. The van der Waals surface area contributed by atoms with E-state index in [1.54, 1.807) is 54.5 Å². The Morgan fingerprint density at radius 1 is 0.896 bits per heavy atom. The molecule has 0 saturated carbocycles. The van der Waals surface area contributed by atoms with Crippen molar-refractivity contribution in [3.63, 3.8) is 0 Å². The van der Waals surface area contributed by atoms with Gasteiger partial charge in [0.1, 0.15) is 29.1 Å². The lowest BCUT2D eigenvalue weighted by molar-refractivity contribution is -0.137. The fourth-order valence-corrected chi connectivity index (χ4v) is 5.34. The summed E-state index contributed by atoms with van der Waals surface area (Å²) >= 11 is 0. The van der Waals surface area contributed by atoms with Crippen LogP contribution >= 0.6 is 0 Å². The highest BCUT2D eigenvalue weighted by molar-refractivity contribution is 5.96. The summed E-state index contributed by atoms with van der Waals surface area (Å²) in [6.07, 6.45) is -4.54. The molecule has 4 aromatic carbocycles. The highest BCUT2D eigenvalue weighted by Crippen LogP contribution is 2.34. The fraction of sp³-hybridized carbons (Fsp3) is 0.229. The number of methoxy groups -OCH3 is 1. The summed E-state index contributed by atoms with van der Waals surface area (Å²) in [6, 6.07) is 24.1. The van der Waals surface area contributed by atoms with Crippen LogP contribution in [0.15, 0.2) is 97.1 Å². The second kappa shape index (κ2) is 14.8. The van der Waals surface area contributed by atoms with Crippen molar-refractivity contribution in [1.29, 1.82) is 5.41 Å². The minimum Gasteiger partial charge on any atom is -0.495 e. The molecule has 4 aromatic rings. The number of alkyl halides is 3. The van der Waals surface area contributed by atoms with Gasteiger partial charge in [0, 0.05) is 37.4 Å². The van der Waals surface area contributed by atoms with Gasteiger partial charge in [-0.1, -0.05) is 42.5 Å². The molecule has 2 amide bonds. The van der Waals surface area contributed by atoms with Gasteiger partial charge in [0.2, 0.25) is 11.8 Å². The maximum atomic E-state index is 13.7. The first kappa shape index (κ1) is 33.6. The van der Waals surface area contributed by atoms with Crippen LogP contribution in [0.3, 0.4) is 0 Å². The number of carbonyl (C=O) groups excluding carboxylic acids is 2. The van der Waals surface area contributed by atoms with Crippen LogP contribution in [0.1, 0.15) is 22.7 Å². The molecule has 5 rings (SSSR count).